The molecule has 2 aliphatic heterocycles. The molecule has 2 unspecified atom stereocenters. The number of amidine groups is 1. The second kappa shape index (κ2) is 3.92. The lowest BCUT2D eigenvalue weighted by molar-refractivity contribution is -0.132. The van der Waals surface area contributed by atoms with Crippen molar-refractivity contribution in [2.45, 2.75) is 31.4 Å². The fourth-order valence-corrected chi connectivity index (χ4v) is 2.72. The van der Waals surface area contributed by atoms with Gasteiger partial charge in [-0.05, 0) is 12.5 Å². The summed E-state index contributed by atoms with van der Waals surface area (Å²) in [4.78, 5) is 18.0. The minimum Gasteiger partial charge on any atom is -0.369 e. The zero-order valence-corrected chi connectivity index (χ0v) is 10.3. The second-order valence-electron chi connectivity index (χ2n) is 5.24. The Kier molecular flexibility index (Phi) is 2.48. The van der Waals surface area contributed by atoms with Gasteiger partial charge in [0.1, 0.15) is 5.84 Å². The van der Waals surface area contributed by atoms with Crippen LogP contribution < -0.4 is 0 Å². The second-order valence-corrected chi connectivity index (χ2v) is 5.24. The van der Waals surface area contributed by atoms with Crippen LogP contribution in [0, 0.1) is 0 Å². The standard InChI is InChI=1S/C14H16N2O2/c1-14(18)8-13(17)16-9-11(7-12(16)15-14)10-5-3-2-4-6-10/h2-6,11,18H,7-9H2,1H3. The number of amides is 1. The molecule has 1 aromatic rings. The largest absolute Gasteiger partial charge is 0.369 e. The summed E-state index contributed by atoms with van der Waals surface area (Å²) in [6.07, 6.45) is 0.809. The Balaban J connectivity index is 1.89. The van der Waals surface area contributed by atoms with E-state index in [0.717, 1.165) is 12.3 Å². The van der Waals surface area contributed by atoms with Crippen LogP contribution in [0.15, 0.2) is 35.3 Å². The van der Waals surface area contributed by atoms with Gasteiger partial charge in [-0.3, -0.25) is 9.69 Å². The molecule has 0 spiro atoms. The molecular formula is C14H16N2O2. The number of hydrogen-bond acceptors (Lipinski definition) is 3. The zero-order chi connectivity index (χ0) is 12.8. The summed E-state index contributed by atoms with van der Waals surface area (Å²) in [5.41, 5.74) is -0.00357. The molecule has 18 heavy (non-hydrogen) atoms. The molecule has 4 heteroatoms. The molecule has 4 nitrogen and oxygen atoms in total. The predicted molar refractivity (Wildman–Crippen MR) is 68.2 cm³/mol. The topological polar surface area (TPSA) is 52.9 Å². The molecule has 1 N–H and O–H groups in total. The van der Waals surface area contributed by atoms with Gasteiger partial charge >= 0.3 is 0 Å². The fourth-order valence-electron chi connectivity index (χ4n) is 2.72. The highest BCUT2D eigenvalue weighted by Crippen LogP contribution is 2.33. The van der Waals surface area contributed by atoms with Crippen LogP contribution in [0.1, 0.15) is 31.2 Å². The predicted octanol–water partition coefficient (Wildman–Crippen LogP) is 1.51. The van der Waals surface area contributed by atoms with Crippen molar-refractivity contribution in [1.82, 2.24) is 4.90 Å². The first kappa shape index (κ1) is 11.4. The molecule has 2 aliphatic rings. The first-order chi connectivity index (χ1) is 8.55. The van der Waals surface area contributed by atoms with Crippen molar-refractivity contribution in [1.29, 1.82) is 0 Å². The number of hydrogen-bond donors (Lipinski definition) is 1. The molecular weight excluding hydrogens is 228 g/mol. The summed E-state index contributed by atoms with van der Waals surface area (Å²) < 4.78 is 0. The molecule has 0 aliphatic carbocycles. The molecule has 1 saturated heterocycles. The van der Waals surface area contributed by atoms with Crippen LogP contribution in [-0.4, -0.2) is 34.0 Å². The average Bonchev–Trinajstić information content (AvgIpc) is 2.72. The smallest absolute Gasteiger partial charge is 0.232 e. The van der Waals surface area contributed by atoms with Gasteiger partial charge in [0.2, 0.25) is 5.91 Å². The van der Waals surface area contributed by atoms with E-state index in [1.807, 2.05) is 18.2 Å². The number of carbonyl (C=O) groups is 1. The van der Waals surface area contributed by atoms with Crippen LogP contribution in [-0.2, 0) is 4.79 Å². The zero-order valence-electron chi connectivity index (χ0n) is 10.3. The van der Waals surface area contributed by atoms with Gasteiger partial charge in [-0.1, -0.05) is 30.3 Å². The highest BCUT2D eigenvalue weighted by atomic mass is 16.3. The number of rotatable bonds is 1. The summed E-state index contributed by atoms with van der Waals surface area (Å²) in [5, 5.41) is 9.91. The molecule has 0 saturated carbocycles. The number of nitrogens with zero attached hydrogens (tertiary/aromatic N) is 2. The van der Waals surface area contributed by atoms with Crippen molar-refractivity contribution < 1.29 is 9.90 Å². The van der Waals surface area contributed by atoms with Gasteiger partial charge in [0.05, 0.1) is 6.42 Å². The Morgan fingerprint density at radius 1 is 1.39 bits per heavy atom. The Hall–Kier alpha value is -1.68. The van der Waals surface area contributed by atoms with E-state index in [2.05, 4.69) is 17.1 Å². The van der Waals surface area contributed by atoms with Crippen LogP contribution in [0.2, 0.25) is 0 Å². The molecule has 3 rings (SSSR count). The SMILES string of the molecule is CC1(O)CC(=O)N2CC(c3ccccc3)CC2=N1. The summed E-state index contributed by atoms with van der Waals surface area (Å²) in [6, 6.07) is 10.1. The third-order valence-corrected chi connectivity index (χ3v) is 3.57. The van der Waals surface area contributed by atoms with Gasteiger partial charge in [-0.25, -0.2) is 4.99 Å². The van der Waals surface area contributed by atoms with Gasteiger partial charge in [-0.2, -0.15) is 0 Å². The quantitative estimate of drug-likeness (QED) is 0.814. The maximum atomic E-state index is 12.0. The molecule has 0 aromatic heterocycles. The fraction of sp³-hybridized carbons (Fsp3) is 0.429. The third kappa shape index (κ3) is 1.93. The summed E-state index contributed by atoms with van der Waals surface area (Å²) >= 11 is 0. The molecule has 2 atom stereocenters. The number of aliphatic hydroxyl groups is 1. The first-order valence-corrected chi connectivity index (χ1v) is 6.21. The highest BCUT2D eigenvalue weighted by molar-refractivity contribution is 6.02. The monoisotopic (exact) mass is 244 g/mol. The average molecular weight is 244 g/mol. The Morgan fingerprint density at radius 3 is 2.83 bits per heavy atom. The van der Waals surface area contributed by atoms with Gasteiger partial charge in [0.25, 0.3) is 0 Å². The third-order valence-electron chi connectivity index (χ3n) is 3.57. The van der Waals surface area contributed by atoms with E-state index in [-0.39, 0.29) is 12.3 Å². The first-order valence-electron chi connectivity index (χ1n) is 6.21. The van der Waals surface area contributed by atoms with E-state index >= 15 is 0 Å². The van der Waals surface area contributed by atoms with E-state index in [4.69, 9.17) is 0 Å². The molecule has 1 amide bonds. The van der Waals surface area contributed by atoms with Gasteiger partial charge < -0.3 is 5.11 Å². The summed E-state index contributed by atoms with van der Waals surface area (Å²) in [7, 11) is 0. The molecule has 0 radical (unpaired) electrons. The van der Waals surface area contributed by atoms with E-state index in [0.29, 0.717) is 12.5 Å². The van der Waals surface area contributed by atoms with Crippen LogP contribution >= 0.6 is 0 Å². The normalized spacial score (nSPS) is 31.2. The summed E-state index contributed by atoms with van der Waals surface area (Å²) in [5.74, 6) is 0.997. The van der Waals surface area contributed by atoms with E-state index < -0.39 is 5.72 Å². The van der Waals surface area contributed by atoms with Crippen LogP contribution in [0.4, 0.5) is 0 Å². The minimum absolute atomic E-state index is 0.0246. The molecule has 1 aromatic carbocycles. The van der Waals surface area contributed by atoms with E-state index in [1.165, 1.54) is 5.56 Å². The maximum Gasteiger partial charge on any atom is 0.232 e. The lowest BCUT2D eigenvalue weighted by Gasteiger charge is -2.29. The van der Waals surface area contributed by atoms with Crippen LogP contribution in [0.5, 0.6) is 0 Å². The number of fused-ring (bicyclic) bond motifs is 1. The van der Waals surface area contributed by atoms with Crippen molar-refractivity contribution in [3.05, 3.63) is 35.9 Å². The number of benzene rings is 1. The molecule has 2 heterocycles. The number of carbonyl (C=O) groups excluding carboxylic acids is 1. The molecule has 94 valence electrons. The van der Waals surface area contributed by atoms with Crippen LogP contribution in [0.3, 0.4) is 0 Å². The van der Waals surface area contributed by atoms with Gasteiger partial charge in [0.15, 0.2) is 5.72 Å². The van der Waals surface area contributed by atoms with Crippen molar-refractivity contribution in [2.75, 3.05) is 6.54 Å². The summed E-state index contributed by atoms with van der Waals surface area (Å²) in [6.45, 7) is 2.27. The van der Waals surface area contributed by atoms with Crippen molar-refractivity contribution in [3.63, 3.8) is 0 Å². The molecule has 1 fully saturated rings. The van der Waals surface area contributed by atoms with Crippen molar-refractivity contribution in [2.24, 2.45) is 4.99 Å². The van der Waals surface area contributed by atoms with Crippen LogP contribution in [0.25, 0.3) is 0 Å². The van der Waals surface area contributed by atoms with E-state index in [1.54, 1.807) is 11.8 Å². The van der Waals surface area contributed by atoms with Gasteiger partial charge in [0, 0.05) is 18.9 Å². The van der Waals surface area contributed by atoms with Crippen molar-refractivity contribution >= 4 is 11.7 Å². The Bertz CT molecular complexity index is 508. The van der Waals surface area contributed by atoms with Gasteiger partial charge in [-0.15, -0.1) is 0 Å². The number of aliphatic imine (C=N–C) groups is 1. The molecule has 0 bridgehead atoms. The van der Waals surface area contributed by atoms with Crippen molar-refractivity contribution in [3.8, 4) is 0 Å². The Morgan fingerprint density at radius 2 is 2.11 bits per heavy atom. The maximum absolute atomic E-state index is 12.0. The van der Waals surface area contributed by atoms with E-state index in [9.17, 15) is 9.90 Å². The minimum atomic E-state index is -1.23. The Labute approximate surface area is 106 Å². The highest BCUT2D eigenvalue weighted by Gasteiger charge is 2.40. The lowest BCUT2D eigenvalue weighted by Crippen LogP contribution is -2.44. The lowest BCUT2D eigenvalue weighted by atomic mass is 9.98.